The smallest absolute Gasteiger partial charge is 0.251 e. The number of rotatable bonds is 4. The quantitative estimate of drug-likeness (QED) is 0.852. The van der Waals surface area contributed by atoms with Crippen LogP contribution in [-0.2, 0) is 0 Å². The largest absolute Gasteiger partial charge is 0.488 e. The molecule has 0 aliphatic carbocycles. The molecule has 0 radical (unpaired) electrons. The number of nitrogens with one attached hydrogen (secondary N) is 1. The molecule has 1 aromatic rings. The summed E-state index contributed by atoms with van der Waals surface area (Å²) in [6.45, 7) is 6.16. The van der Waals surface area contributed by atoms with Crippen LogP contribution in [0, 0.1) is 0 Å². The van der Waals surface area contributed by atoms with E-state index in [-0.39, 0.29) is 12.9 Å². The molecule has 3 nitrogen and oxygen atoms in total. The fourth-order valence-electron chi connectivity index (χ4n) is 1.21. The molecule has 0 bridgehead atoms. The van der Waals surface area contributed by atoms with Crippen LogP contribution in [0.2, 0.25) is 0 Å². The zero-order valence-corrected chi connectivity index (χ0v) is 10.3. The second-order valence-electron chi connectivity index (χ2n) is 4.32. The summed E-state index contributed by atoms with van der Waals surface area (Å²) in [6, 6.07) is 7.17. The van der Waals surface area contributed by atoms with Crippen LogP contribution in [-0.4, -0.2) is 18.6 Å². The number of hydrogen-bond acceptors (Lipinski definition) is 2. The maximum absolute atomic E-state index is 11.3. The summed E-state index contributed by atoms with van der Waals surface area (Å²) < 4.78 is 5.79. The van der Waals surface area contributed by atoms with Crippen LogP contribution in [0.5, 0.6) is 5.75 Å². The molecule has 0 aliphatic rings. The lowest BCUT2D eigenvalue weighted by Crippen LogP contribution is -2.26. The molecule has 0 saturated heterocycles. The van der Waals surface area contributed by atoms with Crippen LogP contribution < -0.4 is 10.1 Å². The Morgan fingerprint density at radius 1 is 1.38 bits per heavy atom. The number of hydrogen-bond donors (Lipinski definition) is 1. The molecule has 0 spiro atoms. The molecule has 1 amide bonds. The highest BCUT2D eigenvalue weighted by molar-refractivity contribution is 5.94. The second kappa shape index (κ2) is 5.01. The molecule has 1 N–H and O–H groups in total. The van der Waals surface area contributed by atoms with Crippen molar-refractivity contribution in [2.75, 3.05) is 7.05 Å². The van der Waals surface area contributed by atoms with Gasteiger partial charge < -0.3 is 10.1 Å². The van der Waals surface area contributed by atoms with Crippen LogP contribution in [0.25, 0.3) is 0 Å². The van der Waals surface area contributed by atoms with E-state index in [1.54, 1.807) is 19.2 Å². The van der Waals surface area contributed by atoms with Crippen LogP contribution in [0.3, 0.4) is 0 Å². The summed E-state index contributed by atoms with van der Waals surface area (Å²) in [5.41, 5.74) is 0.471. The first-order valence-electron chi connectivity index (χ1n) is 5.49. The van der Waals surface area contributed by atoms with Gasteiger partial charge in [-0.05, 0) is 44.5 Å². The van der Waals surface area contributed by atoms with Crippen molar-refractivity contribution in [3.05, 3.63) is 29.8 Å². The van der Waals surface area contributed by atoms with E-state index >= 15 is 0 Å². The molecular formula is C13H21NO2. The van der Waals surface area contributed by atoms with Crippen LogP contribution in [0.1, 0.15) is 39.0 Å². The van der Waals surface area contributed by atoms with Gasteiger partial charge >= 0.3 is 0 Å². The van der Waals surface area contributed by atoms with Gasteiger partial charge in [-0.3, -0.25) is 4.79 Å². The average Bonchev–Trinajstić information content (AvgIpc) is 2.28. The third-order valence-corrected chi connectivity index (χ3v) is 2.59. The molecule has 0 fully saturated rings. The molecule has 1 aromatic carbocycles. The Hall–Kier alpha value is -1.51. The minimum Gasteiger partial charge on any atom is -0.488 e. The van der Waals surface area contributed by atoms with E-state index in [9.17, 15) is 4.79 Å². The molecule has 1 rings (SSSR count). The standard InChI is InChI=1S/C13H19NO2.H2/c1-5-13(2,3)16-11-8-6-10(7-9-11)12(15)14-4;/h6-9H,5H2,1-4H3,(H,14,15);1H. The third-order valence-electron chi connectivity index (χ3n) is 2.59. The van der Waals surface area contributed by atoms with Crippen molar-refractivity contribution < 1.29 is 11.0 Å². The summed E-state index contributed by atoms with van der Waals surface area (Å²) in [4.78, 5) is 11.3. The summed E-state index contributed by atoms with van der Waals surface area (Å²) in [7, 11) is 1.62. The third kappa shape index (κ3) is 3.26. The van der Waals surface area contributed by atoms with Gasteiger partial charge in [-0.25, -0.2) is 0 Å². The number of carbonyl (C=O) groups excluding carboxylic acids is 1. The fraction of sp³-hybridized carbons (Fsp3) is 0.462. The van der Waals surface area contributed by atoms with E-state index in [0.717, 1.165) is 12.2 Å². The molecule has 90 valence electrons. The molecule has 0 atom stereocenters. The van der Waals surface area contributed by atoms with Crippen molar-refractivity contribution in [1.29, 1.82) is 0 Å². The van der Waals surface area contributed by atoms with Gasteiger partial charge in [0.15, 0.2) is 0 Å². The van der Waals surface area contributed by atoms with Gasteiger partial charge in [0.05, 0.1) is 0 Å². The minimum atomic E-state index is -0.172. The molecule has 0 unspecified atom stereocenters. The Balaban J connectivity index is 0.00000256. The van der Waals surface area contributed by atoms with Crippen LogP contribution in [0.4, 0.5) is 0 Å². The predicted molar refractivity (Wildman–Crippen MR) is 66.9 cm³/mol. The van der Waals surface area contributed by atoms with Crippen molar-refractivity contribution in [2.24, 2.45) is 0 Å². The molecule has 16 heavy (non-hydrogen) atoms. The van der Waals surface area contributed by atoms with E-state index < -0.39 is 0 Å². The highest BCUT2D eigenvalue weighted by atomic mass is 16.5. The maximum Gasteiger partial charge on any atom is 0.251 e. The minimum absolute atomic E-state index is 0. The summed E-state index contributed by atoms with van der Waals surface area (Å²) in [5, 5.41) is 2.58. The molecule has 0 saturated carbocycles. The summed E-state index contributed by atoms with van der Waals surface area (Å²) in [5.74, 6) is 0.709. The number of amides is 1. The number of benzene rings is 1. The highest BCUT2D eigenvalue weighted by Gasteiger charge is 2.16. The zero-order chi connectivity index (χ0) is 12.2. The number of ether oxygens (including phenoxy) is 1. The maximum atomic E-state index is 11.3. The van der Waals surface area contributed by atoms with Gasteiger partial charge in [0, 0.05) is 14.0 Å². The topological polar surface area (TPSA) is 38.3 Å². The first-order chi connectivity index (χ1) is 7.48. The van der Waals surface area contributed by atoms with E-state index in [0.29, 0.717) is 5.56 Å². The van der Waals surface area contributed by atoms with Crippen molar-refractivity contribution in [3.8, 4) is 5.75 Å². The molecule has 0 heterocycles. The van der Waals surface area contributed by atoms with Crippen molar-refractivity contribution in [1.82, 2.24) is 5.32 Å². The van der Waals surface area contributed by atoms with E-state index in [1.807, 2.05) is 26.0 Å². The first kappa shape index (κ1) is 12.6. The lowest BCUT2D eigenvalue weighted by atomic mass is 10.1. The van der Waals surface area contributed by atoms with Crippen molar-refractivity contribution >= 4 is 5.91 Å². The van der Waals surface area contributed by atoms with Crippen LogP contribution >= 0.6 is 0 Å². The van der Waals surface area contributed by atoms with Crippen molar-refractivity contribution in [2.45, 2.75) is 32.8 Å². The summed E-state index contributed by atoms with van der Waals surface area (Å²) in [6.07, 6.45) is 0.935. The van der Waals surface area contributed by atoms with Gasteiger partial charge in [0.25, 0.3) is 5.91 Å². The fourth-order valence-corrected chi connectivity index (χ4v) is 1.21. The number of carbonyl (C=O) groups is 1. The van der Waals surface area contributed by atoms with E-state index in [2.05, 4.69) is 12.2 Å². The van der Waals surface area contributed by atoms with Gasteiger partial charge in [-0.2, -0.15) is 0 Å². The summed E-state index contributed by atoms with van der Waals surface area (Å²) >= 11 is 0. The lowest BCUT2D eigenvalue weighted by Gasteiger charge is -2.24. The predicted octanol–water partition coefficient (Wildman–Crippen LogP) is 2.86. The first-order valence-corrected chi connectivity index (χ1v) is 5.49. The Kier molecular flexibility index (Phi) is 3.93. The average molecular weight is 223 g/mol. The second-order valence-corrected chi connectivity index (χ2v) is 4.32. The van der Waals surface area contributed by atoms with E-state index in [4.69, 9.17) is 4.74 Å². The monoisotopic (exact) mass is 223 g/mol. The highest BCUT2D eigenvalue weighted by Crippen LogP contribution is 2.21. The molecular weight excluding hydrogens is 202 g/mol. The normalized spacial score (nSPS) is 11.0. The molecule has 0 aromatic heterocycles. The van der Waals surface area contributed by atoms with Crippen molar-refractivity contribution in [3.63, 3.8) is 0 Å². The zero-order valence-electron chi connectivity index (χ0n) is 10.3. The SMILES string of the molecule is CCC(C)(C)Oc1ccc(C(=O)NC)cc1.[HH]. The Morgan fingerprint density at radius 2 is 1.94 bits per heavy atom. The Morgan fingerprint density at radius 3 is 2.38 bits per heavy atom. The van der Waals surface area contributed by atoms with Gasteiger partial charge in [-0.1, -0.05) is 6.92 Å². The lowest BCUT2D eigenvalue weighted by molar-refractivity contribution is 0.0962. The molecule has 0 aliphatic heterocycles. The van der Waals surface area contributed by atoms with Gasteiger partial charge in [0.1, 0.15) is 11.4 Å². The van der Waals surface area contributed by atoms with Gasteiger partial charge in [0.2, 0.25) is 0 Å². The Labute approximate surface area is 98.3 Å². The molecule has 3 heteroatoms. The van der Waals surface area contributed by atoms with E-state index in [1.165, 1.54) is 0 Å². The Bertz CT molecular complexity index is 360. The van der Waals surface area contributed by atoms with Crippen LogP contribution in [0.15, 0.2) is 24.3 Å². The van der Waals surface area contributed by atoms with Gasteiger partial charge in [-0.15, -0.1) is 0 Å².